The Labute approximate surface area is 161 Å². The first-order valence-corrected chi connectivity index (χ1v) is 9.19. The largest absolute Gasteiger partial charge is 0.350 e. The number of hydrogen-bond donors (Lipinski definition) is 4. The van der Waals surface area contributed by atoms with Crippen LogP contribution in [0.5, 0.6) is 0 Å². The number of aromatic nitrogens is 1. The molecule has 0 saturated carbocycles. The highest BCUT2D eigenvalue weighted by Gasteiger charge is 2.54. The molecule has 0 radical (unpaired) electrons. The van der Waals surface area contributed by atoms with Gasteiger partial charge in [-0.3, -0.25) is 14.2 Å². The van der Waals surface area contributed by atoms with Crippen molar-refractivity contribution in [2.24, 2.45) is 32.3 Å². The second-order valence-corrected chi connectivity index (χ2v) is 7.40. The molecule has 1 fully saturated rings. The second-order valence-electron chi connectivity index (χ2n) is 6.44. The molecule has 0 aromatic carbocycles. The fourth-order valence-corrected chi connectivity index (χ4v) is 4.43. The predicted molar refractivity (Wildman–Crippen MR) is 98.5 cm³/mol. The number of hydrogen-bond acceptors (Lipinski definition) is 12. The third-order valence-corrected chi connectivity index (χ3v) is 5.74. The van der Waals surface area contributed by atoms with Crippen molar-refractivity contribution < 1.29 is 9.53 Å². The lowest BCUT2D eigenvalue weighted by Crippen LogP contribution is -2.55. The van der Waals surface area contributed by atoms with Crippen molar-refractivity contribution in [1.82, 2.24) is 9.88 Å². The molecule has 3 unspecified atom stereocenters. The summed E-state index contributed by atoms with van der Waals surface area (Å²) in [6.07, 6.45) is -2.48. The Hall–Kier alpha value is -2.78. The summed E-state index contributed by atoms with van der Waals surface area (Å²) in [5, 5.41) is 17.9. The summed E-state index contributed by atoms with van der Waals surface area (Å²) < 4.78 is 6.97. The second kappa shape index (κ2) is 7.69. The zero-order chi connectivity index (χ0) is 20.5. The first-order chi connectivity index (χ1) is 13.4. The van der Waals surface area contributed by atoms with Gasteiger partial charge in [0.25, 0.3) is 5.91 Å². The maximum absolute atomic E-state index is 12.7. The smallest absolute Gasteiger partial charge is 0.311 e. The normalized spacial score (nSPS) is 30.5. The van der Waals surface area contributed by atoms with Gasteiger partial charge in [0.2, 0.25) is 6.29 Å². The lowest BCUT2D eigenvalue weighted by molar-refractivity contribution is -0.0200. The lowest BCUT2D eigenvalue weighted by Gasteiger charge is -2.34. The third-order valence-electron chi connectivity index (χ3n) is 4.78. The predicted octanol–water partition coefficient (Wildman–Crippen LogP) is -0.0290. The molecule has 0 aliphatic carbocycles. The van der Waals surface area contributed by atoms with Gasteiger partial charge in [-0.2, -0.15) is 9.81 Å². The molecule has 3 rings (SSSR count). The van der Waals surface area contributed by atoms with E-state index in [0.717, 1.165) is 4.57 Å². The first kappa shape index (κ1) is 20.0. The molecule has 5 atom stereocenters. The van der Waals surface area contributed by atoms with Gasteiger partial charge in [-0.25, -0.2) is 0 Å². The Bertz CT molecular complexity index is 869. The summed E-state index contributed by atoms with van der Waals surface area (Å²) in [4.78, 5) is 46.6. The van der Waals surface area contributed by atoms with Crippen LogP contribution in [0.2, 0.25) is 0 Å². The van der Waals surface area contributed by atoms with Crippen LogP contribution in [0.15, 0.2) is 25.5 Å². The van der Waals surface area contributed by atoms with Gasteiger partial charge in [0.05, 0.1) is 11.6 Å². The van der Waals surface area contributed by atoms with E-state index < -0.39 is 41.0 Å². The quantitative estimate of drug-likeness (QED) is 0.206. The zero-order valence-electron chi connectivity index (χ0n) is 14.8. The zero-order valence-corrected chi connectivity index (χ0v) is 15.6. The molecule has 1 aromatic heterocycles. The molecule has 152 valence electrons. The molecule has 1 saturated heterocycles. The Morgan fingerprint density at radius 3 is 2.75 bits per heavy atom. The maximum atomic E-state index is 12.7. The highest BCUT2D eigenvalue weighted by molar-refractivity contribution is 7.12. The van der Waals surface area contributed by atoms with E-state index >= 15 is 0 Å². The van der Waals surface area contributed by atoms with Crippen molar-refractivity contribution in [1.29, 1.82) is 0 Å². The number of ether oxygens (including phenoxy) is 1. The van der Waals surface area contributed by atoms with E-state index in [2.05, 4.69) is 31.3 Å². The van der Waals surface area contributed by atoms with Crippen molar-refractivity contribution in [3.05, 3.63) is 24.4 Å². The number of nitrogens with two attached hydrogens (primary N) is 2. The van der Waals surface area contributed by atoms with Gasteiger partial charge >= 0.3 is 4.87 Å². The number of rotatable bonds is 7. The van der Waals surface area contributed by atoms with Crippen molar-refractivity contribution in [2.45, 2.75) is 50.0 Å². The third kappa shape index (κ3) is 3.16. The van der Waals surface area contributed by atoms with Crippen molar-refractivity contribution in [2.75, 3.05) is 11.9 Å². The molecule has 1 amide bonds. The van der Waals surface area contributed by atoms with E-state index in [1.165, 1.54) is 0 Å². The fraction of sp³-hybridized carbons (Fsp3) is 0.692. The topological polar surface area (TPSA) is 208 Å². The molecule has 0 spiro atoms. The Morgan fingerprint density at radius 2 is 2.14 bits per heavy atom. The van der Waals surface area contributed by atoms with Gasteiger partial charge < -0.3 is 26.9 Å². The lowest BCUT2D eigenvalue weighted by atomic mass is 9.84. The molecule has 6 N–H and O–H groups in total. The molecule has 2 aliphatic rings. The van der Waals surface area contributed by atoms with Crippen molar-refractivity contribution in [3.63, 3.8) is 0 Å². The number of anilines is 1. The minimum Gasteiger partial charge on any atom is -0.350 e. The molecule has 15 heteroatoms. The van der Waals surface area contributed by atoms with Crippen molar-refractivity contribution >= 4 is 23.1 Å². The van der Waals surface area contributed by atoms with Gasteiger partial charge in [-0.05, 0) is 6.42 Å². The van der Waals surface area contributed by atoms with Crippen LogP contribution in [0.1, 0.15) is 35.7 Å². The van der Waals surface area contributed by atoms with Gasteiger partial charge in [-0.1, -0.05) is 33.8 Å². The molecule has 28 heavy (non-hydrogen) atoms. The van der Waals surface area contributed by atoms with Crippen LogP contribution in [-0.4, -0.2) is 41.0 Å². The average molecular weight is 413 g/mol. The van der Waals surface area contributed by atoms with Crippen LogP contribution in [-0.2, 0) is 4.74 Å². The van der Waals surface area contributed by atoms with E-state index in [9.17, 15) is 19.4 Å². The van der Waals surface area contributed by atoms with Crippen LogP contribution < -0.4 is 27.1 Å². The van der Waals surface area contributed by atoms with E-state index in [0.29, 0.717) is 17.8 Å². The van der Waals surface area contributed by atoms with Gasteiger partial charge in [0, 0.05) is 6.42 Å². The number of nitroso groups, excluding NO2 is 2. The SMILES string of the molecule is CCC(N=O)[C@]1(N)CC(CN=O)O[C@H]1n1c2c(sc1=O)C(=O)NC(N=NN)N2. The van der Waals surface area contributed by atoms with E-state index in [-0.39, 0.29) is 23.7 Å². The maximum Gasteiger partial charge on any atom is 0.311 e. The standard InChI is InChI=1S/C13H19N9O5S/c1-2-6(20-26)13(14)3-5(4-16-25)27-10(13)22-8-7(28-12(22)24)9(23)18-11(17-8)19-21-15/h5-6,10-11,17H,2-4,14H2,1H3,(H2,15,19)(H,18,23)/t5?,6?,10-,11?,13-/m1/s1. The monoisotopic (exact) mass is 413 g/mol. The number of amides is 1. The number of carbonyl (C=O) groups is 1. The minimum atomic E-state index is -1.38. The van der Waals surface area contributed by atoms with Crippen LogP contribution in [0.3, 0.4) is 0 Å². The molecular formula is C13H19N9O5S. The molecule has 0 bridgehead atoms. The van der Waals surface area contributed by atoms with Crippen LogP contribution in [0.25, 0.3) is 0 Å². The Kier molecular flexibility index (Phi) is 5.48. The Balaban J connectivity index is 2.11. The summed E-state index contributed by atoms with van der Waals surface area (Å²) in [7, 11) is 0. The summed E-state index contributed by atoms with van der Waals surface area (Å²) >= 11 is 0.674. The van der Waals surface area contributed by atoms with Crippen molar-refractivity contribution in [3.8, 4) is 0 Å². The molecule has 2 aliphatic heterocycles. The molecular weight excluding hydrogens is 394 g/mol. The van der Waals surface area contributed by atoms with E-state index in [1.54, 1.807) is 6.92 Å². The number of fused-ring (bicyclic) bond motifs is 1. The van der Waals surface area contributed by atoms with Gasteiger partial charge in [0.1, 0.15) is 23.3 Å². The van der Waals surface area contributed by atoms with Gasteiger partial charge in [-0.15, -0.1) is 5.11 Å². The van der Waals surface area contributed by atoms with Crippen LogP contribution in [0.4, 0.5) is 5.82 Å². The van der Waals surface area contributed by atoms with E-state index in [4.69, 9.17) is 16.3 Å². The average Bonchev–Trinajstić information content (AvgIpc) is 3.14. The summed E-state index contributed by atoms with van der Waals surface area (Å²) in [6.45, 7) is 1.52. The molecule has 1 aromatic rings. The van der Waals surface area contributed by atoms with Crippen LogP contribution in [0, 0.1) is 9.81 Å². The number of carbonyl (C=O) groups excluding carboxylic acids is 1. The minimum absolute atomic E-state index is 0.0862. The van der Waals surface area contributed by atoms with Gasteiger partial charge in [0.15, 0.2) is 6.23 Å². The van der Waals surface area contributed by atoms with Crippen LogP contribution >= 0.6 is 11.3 Å². The number of nitrogens with one attached hydrogen (secondary N) is 2. The number of nitrogens with zero attached hydrogens (tertiary/aromatic N) is 5. The summed E-state index contributed by atoms with van der Waals surface area (Å²) in [5.74, 6) is 4.58. The van der Waals surface area contributed by atoms with E-state index in [1.807, 2.05) is 0 Å². The highest BCUT2D eigenvalue weighted by atomic mass is 32.1. The first-order valence-electron chi connectivity index (χ1n) is 8.38. The molecule has 3 heterocycles. The number of thiazole rings is 1. The highest BCUT2D eigenvalue weighted by Crippen LogP contribution is 2.43. The molecule has 14 nitrogen and oxygen atoms in total. The summed E-state index contributed by atoms with van der Waals surface area (Å²) in [6, 6.07) is -0.895. The summed E-state index contributed by atoms with van der Waals surface area (Å²) in [5.41, 5.74) is 5.12. The Morgan fingerprint density at radius 1 is 1.39 bits per heavy atom. The fourth-order valence-electron chi connectivity index (χ4n) is 3.56.